The van der Waals surface area contributed by atoms with Crippen LogP contribution in [0, 0.1) is 0 Å². The number of rotatable bonds is 7. The summed E-state index contributed by atoms with van der Waals surface area (Å²) in [4.78, 5) is 2.61. The summed E-state index contributed by atoms with van der Waals surface area (Å²) in [6, 6.07) is 0. The molecule has 0 N–H and O–H groups in total. The molecule has 0 aromatic rings. The van der Waals surface area contributed by atoms with Crippen LogP contribution in [0.2, 0.25) is 13.8 Å². The number of unbranched alkanes of at least 4 members (excludes halogenated alkanes) is 1. The van der Waals surface area contributed by atoms with E-state index >= 15 is 0 Å². The molecule has 0 fully saturated rings. The molecule has 0 amide bonds. The number of allylic oxidation sites excluding steroid dienone is 1. The van der Waals surface area contributed by atoms with Crippen molar-refractivity contribution < 1.29 is 0 Å². The molecule has 0 aliphatic rings. The van der Waals surface area contributed by atoms with E-state index in [1.807, 2.05) is 0 Å². The van der Waals surface area contributed by atoms with E-state index < -0.39 is 18.4 Å². The predicted molar refractivity (Wildman–Crippen MR) is 65.9 cm³/mol. The Balaban J connectivity index is 4.06. The van der Waals surface area contributed by atoms with Gasteiger partial charge in [-0.25, -0.2) is 0 Å². The van der Waals surface area contributed by atoms with Crippen LogP contribution in [-0.4, -0.2) is 18.4 Å². The topological polar surface area (TPSA) is 0 Å². The summed E-state index contributed by atoms with van der Waals surface area (Å²) in [5.41, 5.74) is 0. The van der Waals surface area contributed by atoms with Crippen molar-refractivity contribution in [3.05, 3.63) is 10.2 Å². The van der Waals surface area contributed by atoms with Crippen molar-refractivity contribution in [3.8, 4) is 0 Å². The number of hydrogen-bond acceptors (Lipinski definition) is 0. The zero-order valence-corrected chi connectivity index (χ0v) is 12.8. The van der Waals surface area contributed by atoms with Gasteiger partial charge in [0.2, 0.25) is 0 Å². The van der Waals surface area contributed by atoms with Crippen LogP contribution in [0.1, 0.15) is 46.5 Å². The third-order valence-corrected chi connectivity index (χ3v) is 14.6. The van der Waals surface area contributed by atoms with Crippen LogP contribution < -0.4 is 0 Å². The zero-order valence-electron chi connectivity index (χ0n) is 9.90. The third kappa shape index (κ3) is 6.59. The molecule has 0 aliphatic carbocycles. The molecule has 0 nitrogen and oxygen atoms in total. The van der Waals surface area contributed by atoms with Crippen molar-refractivity contribution in [2.75, 3.05) is 0 Å². The van der Waals surface area contributed by atoms with Gasteiger partial charge < -0.3 is 0 Å². The fraction of sp³-hybridized carbons (Fsp3) is 0.833. The summed E-state index contributed by atoms with van der Waals surface area (Å²) in [5, 5.41) is 0. The van der Waals surface area contributed by atoms with Crippen LogP contribution in [0.4, 0.5) is 0 Å². The standard InChI is InChI=1S/C4H9.C4H7.C3H7.CH3.Sn/c2*1-3-4-2;1-3-2;;/h1,3-4H2,2H3;1,3H,4H2,2H3;1,3H2,2H3;1H3;. The molecule has 0 rings (SSSR count). The minimum absolute atomic E-state index is 1.22. The van der Waals surface area contributed by atoms with Crippen LogP contribution in [0.3, 0.4) is 0 Å². The SMILES string of the molecule is CC/C=[CH]/[Sn]([CH3])([CH2]CC)[CH2]CCC. The molecule has 1 heteroatoms. The fourth-order valence-electron chi connectivity index (χ4n) is 1.85. The van der Waals surface area contributed by atoms with Crippen molar-refractivity contribution in [3.63, 3.8) is 0 Å². The summed E-state index contributed by atoms with van der Waals surface area (Å²) in [6.45, 7) is 6.89. The molecular formula is C12H26Sn. The minimum atomic E-state index is -1.71. The van der Waals surface area contributed by atoms with E-state index in [1.165, 1.54) is 25.7 Å². The average molecular weight is 289 g/mol. The van der Waals surface area contributed by atoms with Crippen LogP contribution in [0.5, 0.6) is 0 Å². The van der Waals surface area contributed by atoms with Crippen LogP contribution >= 0.6 is 0 Å². The van der Waals surface area contributed by atoms with Crippen LogP contribution in [0.25, 0.3) is 0 Å². The molecule has 0 heterocycles. The summed E-state index contributed by atoms with van der Waals surface area (Å²) < 4.78 is 5.76. The Morgan fingerprint density at radius 1 is 1.00 bits per heavy atom. The van der Waals surface area contributed by atoms with Gasteiger partial charge in [0.15, 0.2) is 0 Å². The van der Waals surface area contributed by atoms with Gasteiger partial charge in [-0.2, -0.15) is 0 Å². The second kappa shape index (κ2) is 7.90. The maximum atomic E-state index is 2.65. The Bertz CT molecular complexity index is 140. The van der Waals surface area contributed by atoms with E-state index in [4.69, 9.17) is 0 Å². The van der Waals surface area contributed by atoms with Gasteiger partial charge in [-0.15, -0.1) is 0 Å². The van der Waals surface area contributed by atoms with Crippen molar-refractivity contribution in [2.24, 2.45) is 0 Å². The van der Waals surface area contributed by atoms with Crippen LogP contribution in [-0.2, 0) is 0 Å². The average Bonchev–Trinajstić information content (AvgIpc) is 2.12. The first kappa shape index (κ1) is 13.5. The first-order valence-corrected chi connectivity index (χ1v) is 14.4. The first-order valence-electron chi connectivity index (χ1n) is 5.86. The van der Waals surface area contributed by atoms with Crippen LogP contribution in [0.15, 0.2) is 10.2 Å². The first-order chi connectivity index (χ1) is 6.18. The molecule has 0 aromatic carbocycles. The monoisotopic (exact) mass is 290 g/mol. The van der Waals surface area contributed by atoms with Crippen molar-refractivity contribution in [1.29, 1.82) is 0 Å². The summed E-state index contributed by atoms with van der Waals surface area (Å²) in [5.74, 6) is 0. The third-order valence-electron chi connectivity index (χ3n) is 2.68. The molecule has 78 valence electrons. The van der Waals surface area contributed by atoms with E-state index in [0.29, 0.717) is 0 Å². The predicted octanol–water partition coefficient (Wildman–Crippen LogP) is 4.78. The van der Waals surface area contributed by atoms with Gasteiger partial charge in [0.1, 0.15) is 0 Å². The molecule has 1 unspecified atom stereocenters. The van der Waals surface area contributed by atoms with Gasteiger partial charge >= 0.3 is 88.8 Å². The van der Waals surface area contributed by atoms with Gasteiger partial charge in [0.05, 0.1) is 0 Å². The summed E-state index contributed by atoms with van der Waals surface area (Å²) >= 11 is -1.71. The van der Waals surface area contributed by atoms with Gasteiger partial charge in [0, 0.05) is 0 Å². The molecule has 13 heavy (non-hydrogen) atoms. The van der Waals surface area contributed by atoms with E-state index in [9.17, 15) is 0 Å². The Morgan fingerprint density at radius 3 is 2.15 bits per heavy atom. The Hall–Kier alpha value is 0.539. The zero-order chi connectivity index (χ0) is 10.2. The second-order valence-corrected chi connectivity index (χ2v) is 17.6. The van der Waals surface area contributed by atoms with Crippen molar-refractivity contribution in [2.45, 2.75) is 60.3 Å². The molecule has 1 atom stereocenters. The van der Waals surface area contributed by atoms with E-state index in [2.05, 4.69) is 35.9 Å². The molecule has 0 saturated heterocycles. The number of hydrogen-bond donors (Lipinski definition) is 0. The van der Waals surface area contributed by atoms with Gasteiger partial charge in [-0.1, -0.05) is 0 Å². The quantitative estimate of drug-likeness (QED) is 0.592. The molecule has 0 spiro atoms. The van der Waals surface area contributed by atoms with Gasteiger partial charge in [-0.05, 0) is 0 Å². The van der Waals surface area contributed by atoms with E-state index in [-0.39, 0.29) is 0 Å². The van der Waals surface area contributed by atoms with E-state index in [1.54, 1.807) is 8.87 Å². The van der Waals surface area contributed by atoms with E-state index in [0.717, 1.165) is 0 Å². The molecule has 0 saturated carbocycles. The summed E-state index contributed by atoms with van der Waals surface area (Å²) in [7, 11) is 0. The van der Waals surface area contributed by atoms with Gasteiger partial charge in [-0.3, -0.25) is 0 Å². The molecule has 0 aliphatic heterocycles. The molecule has 0 aromatic heterocycles. The Kier molecular flexibility index (Phi) is 8.23. The molecule has 0 radical (unpaired) electrons. The second-order valence-electron chi connectivity index (χ2n) is 4.32. The summed E-state index contributed by atoms with van der Waals surface area (Å²) in [6.07, 6.45) is 7.87. The molecule has 0 bridgehead atoms. The fourth-order valence-corrected chi connectivity index (χ4v) is 12.4. The normalized spacial score (nSPS) is 16.3. The maximum absolute atomic E-state index is 2.65. The Labute approximate surface area is 88.7 Å². The Morgan fingerprint density at radius 2 is 1.69 bits per heavy atom. The van der Waals surface area contributed by atoms with Crippen molar-refractivity contribution >= 4 is 18.4 Å². The molecular weight excluding hydrogens is 263 g/mol. The van der Waals surface area contributed by atoms with Crippen molar-refractivity contribution in [1.82, 2.24) is 0 Å². The van der Waals surface area contributed by atoms with Gasteiger partial charge in [0.25, 0.3) is 0 Å².